The third kappa shape index (κ3) is 4.25. The van der Waals surface area contributed by atoms with Gasteiger partial charge in [0.25, 0.3) is 5.69 Å². The first-order valence-electron chi connectivity index (χ1n) is 8.81. The quantitative estimate of drug-likeness (QED) is 0.601. The average molecular weight is 370 g/mol. The standard InChI is InChI=1S/C20H22N2O5/c1-27-17-8-9-18-15(12-17)3-2-10-20(18,24)13-21-19(23)11-14-4-6-16(7-5-14)22(25)26/h4-9,12,24H,2-3,10-11,13H2,1H3,(H,21,23). The summed E-state index contributed by atoms with van der Waals surface area (Å²) in [7, 11) is 1.61. The highest BCUT2D eigenvalue weighted by Crippen LogP contribution is 2.36. The van der Waals surface area contributed by atoms with Crippen LogP contribution < -0.4 is 10.1 Å². The Balaban J connectivity index is 1.64. The monoisotopic (exact) mass is 370 g/mol. The predicted molar refractivity (Wildman–Crippen MR) is 99.6 cm³/mol. The number of carbonyl (C=O) groups excluding carboxylic acids is 1. The zero-order valence-electron chi connectivity index (χ0n) is 15.1. The van der Waals surface area contributed by atoms with Gasteiger partial charge in [-0.2, -0.15) is 0 Å². The molecule has 3 rings (SSSR count). The molecule has 2 aromatic carbocycles. The van der Waals surface area contributed by atoms with E-state index in [0.29, 0.717) is 12.0 Å². The smallest absolute Gasteiger partial charge is 0.269 e. The number of rotatable bonds is 6. The van der Waals surface area contributed by atoms with Crippen molar-refractivity contribution in [2.75, 3.05) is 13.7 Å². The summed E-state index contributed by atoms with van der Waals surface area (Å²) in [6.45, 7) is 0.123. The van der Waals surface area contributed by atoms with E-state index in [4.69, 9.17) is 4.74 Å². The molecule has 142 valence electrons. The van der Waals surface area contributed by atoms with Crippen LogP contribution in [0, 0.1) is 10.1 Å². The summed E-state index contributed by atoms with van der Waals surface area (Å²) in [6.07, 6.45) is 2.37. The summed E-state index contributed by atoms with van der Waals surface area (Å²) in [4.78, 5) is 22.5. The van der Waals surface area contributed by atoms with Crippen LogP contribution in [0.4, 0.5) is 5.69 Å². The molecular weight excluding hydrogens is 348 g/mol. The van der Waals surface area contributed by atoms with Crippen LogP contribution in [0.2, 0.25) is 0 Å². The second-order valence-corrected chi connectivity index (χ2v) is 6.79. The van der Waals surface area contributed by atoms with Gasteiger partial charge in [0.1, 0.15) is 11.4 Å². The minimum absolute atomic E-state index is 0.0114. The highest BCUT2D eigenvalue weighted by Gasteiger charge is 2.34. The first-order valence-corrected chi connectivity index (χ1v) is 8.81. The van der Waals surface area contributed by atoms with Crippen LogP contribution in [-0.4, -0.2) is 29.6 Å². The van der Waals surface area contributed by atoms with Crippen LogP contribution in [0.15, 0.2) is 42.5 Å². The zero-order chi connectivity index (χ0) is 19.4. The van der Waals surface area contributed by atoms with Gasteiger partial charge in [-0.25, -0.2) is 0 Å². The molecule has 1 aliphatic carbocycles. The van der Waals surface area contributed by atoms with Crippen LogP contribution in [0.1, 0.15) is 29.5 Å². The lowest BCUT2D eigenvalue weighted by Gasteiger charge is -2.35. The van der Waals surface area contributed by atoms with Crippen molar-refractivity contribution in [3.63, 3.8) is 0 Å². The lowest BCUT2D eigenvalue weighted by atomic mass is 9.79. The van der Waals surface area contributed by atoms with Crippen LogP contribution in [0.3, 0.4) is 0 Å². The maximum atomic E-state index is 12.3. The lowest BCUT2D eigenvalue weighted by molar-refractivity contribution is -0.384. The number of benzene rings is 2. The second kappa shape index (κ2) is 7.75. The summed E-state index contributed by atoms with van der Waals surface area (Å²) in [6, 6.07) is 11.5. The maximum absolute atomic E-state index is 12.3. The Hall–Kier alpha value is -2.93. The molecule has 2 aromatic rings. The molecule has 1 atom stereocenters. The number of aliphatic hydroxyl groups is 1. The van der Waals surface area contributed by atoms with E-state index in [9.17, 15) is 20.0 Å². The summed E-state index contributed by atoms with van der Waals surface area (Å²) < 4.78 is 5.24. The number of nitro groups is 1. The number of aryl methyl sites for hydroxylation is 1. The van der Waals surface area contributed by atoms with Crippen molar-refractivity contribution in [1.82, 2.24) is 5.32 Å². The van der Waals surface area contributed by atoms with Crippen molar-refractivity contribution in [2.45, 2.75) is 31.3 Å². The zero-order valence-corrected chi connectivity index (χ0v) is 15.1. The fourth-order valence-electron chi connectivity index (χ4n) is 3.48. The van der Waals surface area contributed by atoms with Crippen molar-refractivity contribution in [2.24, 2.45) is 0 Å². The van der Waals surface area contributed by atoms with E-state index < -0.39 is 10.5 Å². The van der Waals surface area contributed by atoms with Gasteiger partial charge >= 0.3 is 0 Å². The number of hydrogen-bond acceptors (Lipinski definition) is 5. The molecular formula is C20H22N2O5. The Morgan fingerprint density at radius 3 is 2.70 bits per heavy atom. The van der Waals surface area contributed by atoms with Gasteiger partial charge in [0.15, 0.2) is 0 Å². The average Bonchev–Trinajstić information content (AvgIpc) is 2.67. The molecule has 7 heteroatoms. The molecule has 1 unspecified atom stereocenters. The molecule has 0 aliphatic heterocycles. The molecule has 0 radical (unpaired) electrons. The molecule has 0 aromatic heterocycles. The Kier molecular flexibility index (Phi) is 5.41. The molecule has 0 bridgehead atoms. The van der Waals surface area contributed by atoms with Crippen molar-refractivity contribution in [3.8, 4) is 5.75 Å². The number of hydrogen-bond donors (Lipinski definition) is 2. The van der Waals surface area contributed by atoms with E-state index in [0.717, 1.165) is 29.7 Å². The molecule has 1 aliphatic rings. The maximum Gasteiger partial charge on any atom is 0.269 e. The third-order valence-corrected chi connectivity index (χ3v) is 4.94. The van der Waals surface area contributed by atoms with Gasteiger partial charge in [0.05, 0.1) is 25.0 Å². The molecule has 1 amide bonds. The minimum Gasteiger partial charge on any atom is -0.497 e. The molecule has 0 saturated heterocycles. The molecule has 27 heavy (non-hydrogen) atoms. The van der Waals surface area contributed by atoms with Gasteiger partial charge in [0.2, 0.25) is 5.91 Å². The normalized spacial score (nSPS) is 18.4. The Morgan fingerprint density at radius 1 is 1.30 bits per heavy atom. The fourth-order valence-corrected chi connectivity index (χ4v) is 3.48. The number of methoxy groups -OCH3 is 1. The van der Waals surface area contributed by atoms with E-state index in [2.05, 4.69) is 5.32 Å². The third-order valence-electron chi connectivity index (χ3n) is 4.94. The van der Waals surface area contributed by atoms with E-state index in [-0.39, 0.29) is 24.6 Å². The van der Waals surface area contributed by atoms with Crippen molar-refractivity contribution < 1.29 is 19.6 Å². The predicted octanol–water partition coefficient (Wildman–Crippen LogP) is 2.49. The van der Waals surface area contributed by atoms with Gasteiger partial charge in [0, 0.05) is 12.1 Å². The fraction of sp³-hybridized carbons (Fsp3) is 0.350. The van der Waals surface area contributed by atoms with Gasteiger partial charge in [-0.15, -0.1) is 0 Å². The lowest BCUT2D eigenvalue weighted by Crippen LogP contribution is -2.43. The summed E-state index contributed by atoms with van der Waals surface area (Å²) in [5.74, 6) is 0.512. The van der Waals surface area contributed by atoms with Gasteiger partial charge in [-0.05, 0) is 48.1 Å². The summed E-state index contributed by atoms with van der Waals surface area (Å²) in [5.41, 5.74) is 1.42. The number of nitro benzene ring substituents is 1. The number of carbonyl (C=O) groups is 1. The molecule has 0 spiro atoms. The van der Waals surface area contributed by atoms with Crippen LogP contribution in [-0.2, 0) is 23.2 Å². The number of nitrogens with zero attached hydrogens (tertiary/aromatic N) is 1. The topological polar surface area (TPSA) is 102 Å². The number of amides is 1. The van der Waals surface area contributed by atoms with Crippen LogP contribution in [0.5, 0.6) is 5.75 Å². The van der Waals surface area contributed by atoms with Crippen LogP contribution >= 0.6 is 0 Å². The van der Waals surface area contributed by atoms with E-state index in [1.807, 2.05) is 18.2 Å². The largest absolute Gasteiger partial charge is 0.497 e. The van der Waals surface area contributed by atoms with Gasteiger partial charge in [-0.1, -0.05) is 18.2 Å². The molecule has 0 saturated carbocycles. The minimum atomic E-state index is -1.11. The Bertz CT molecular complexity index is 850. The van der Waals surface area contributed by atoms with Crippen molar-refractivity contribution in [3.05, 3.63) is 69.3 Å². The number of fused-ring (bicyclic) bond motifs is 1. The first-order chi connectivity index (χ1) is 12.9. The highest BCUT2D eigenvalue weighted by molar-refractivity contribution is 5.78. The SMILES string of the molecule is COc1ccc2c(c1)CCCC2(O)CNC(=O)Cc1ccc([N+](=O)[O-])cc1. The van der Waals surface area contributed by atoms with Crippen LogP contribution in [0.25, 0.3) is 0 Å². The van der Waals surface area contributed by atoms with E-state index in [1.165, 1.54) is 12.1 Å². The summed E-state index contributed by atoms with van der Waals surface area (Å²) in [5, 5.41) is 24.5. The van der Waals surface area contributed by atoms with Crippen molar-refractivity contribution in [1.29, 1.82) is 0 Å². The molecule has 0 fully saturated rings. The molecule has 2 N–H and O–H groups in total. The second-order valence-electron chi connectivity index (χ2n) is 6.79. The van der Waals surface area contributed by atoms with Gasteiger partial charge < -0.3 is 15.2 Å². The summed E-state index contributed by atoms with van der Waals surface area (Å²) >= 11 is 0. The number of non-ortho nitro benzene ring substituents is 1. The molecule has 0 heterocycles. The molecule has 7 nitrogen and oxygen atoms in total. The highest BCUT2D eigenvalue weighted by atomic mass is 16.6. The Labute approximate surface area is 157 Å². The Morgan fingerprint density at radius 2 is 2.04 bits per heavy atom. The first kappa shape index (κ1) is 18.8. The van der Waals surface area contributed by atoms with E-state index >= 15 is 0 Å². The van der Waals surface area contributed by atoms with Gasteiger partial charge in [-0.3, -0.25) is 14.9 Å². The van der Waals surface area contributed by atoms with Crippen molar-refractivity contribution >= 4 is 11.6 Å². The number of ether oxygens (including phenoxy) is 1. The number of nitrogens with one attached hydrogen (secondary N) is 1. The van der Waals surface area contributed by atoms with E-state index in [1.54, 1.807) is 19.2 Å².